The third kappa shape index (κ3) is 4.11. The molecule has 1 aromatic heterocycles. The van der Waals surface area contributed by atoms with E-state index in [1.165, 1.54) is 5.56 Å². The van der Waals surface area contributed by atoms with Crippen LogP contribution in [-0.2, 0) is 7.05 Å². The fraction of sp³-hybridized carbons (Fsp3) is 0.368. The lowest BCUT2D eigenvalue weighted by molar-refractivity contribution is 0.0752. The Morgan fingerprint density at radius 3 is 2.75 bits per heavy atom. The van der Waals surface area contributed by atoms with E-state index in [9.17, 15) is 4.79 Å². The van der Waals surface area contributed by atoms with E-state index in [0.29, 0.717) is 5.69 Å². The summed E-state index contributed by atoms with van der Waals surface area (Å²) in [6.07, 6.45) is 8.68. The van der Waals surface area contributed by atoms with Crippen LogP contribution >= 0.6 is 0 Å². The average Bonchev–Trinajstić information content (AvgIpc) is 2.89. The summed E-state index contributed by atoms with van der Waals surface area (Å²) in [5.41, 5.74) is 1.88. The third-order valence-electron chi connectivity index (χ3n) is 4.39. The van der Waals surface area contributed by atoms with E-state index in [4.69, 9.17) is 0 Å². The zero-order valence-electron chi connectivity index (χ0n) is 14.1. The fourth-order valence-electron chi connectivity index (χ4n) is 2.98. The number of carbonyl (C=O) groups excluding carboxylic acids is 1. The lowest BCUT2D eigenvalue weighted by atomic mass is 10.2. The van der Waals surface area contributed by atoms with Gasteiger partial charge in [0.2, 0.25) is 0 Å². The molecule has 1 fully saturated rings. The predicted molar refractivity (Wildman–Crippen MR) is 95.6 cm³/mol. The first-order chi connectivity index (χ1) is 11.7. The number of amides is 1. The largest absolute Gasteiger partial charge is 0.336 e. The van der Waals surface area contributed by atoms with Crippen molar-refractivity contribution in [2.75, 3.05) is 32.7 Å². The van der Waals surface area contributed by atoms with Crippen LogP contribution in [0.4, 0.5) is 0 Å². The van der Waals surface area contributed by atoms with Crippen LogP contribution in [0.15, 0.2) is 48.9 Å². The minimum atomic E-state index is 0.0803. The number of aromatic nitrogens is 2. The van der Waals surface area contributed by atoms with Crippen molar-refractivity contribution in [1.82, 2.24) is 19.4 Å². The van der Waals surface area contributed by atoms with Gasteiger partial charge in [0.25, 0.3) is 5.91 Å². The van der Waals surface area contributed by atoms with Crippen LogP contribution < -0.4 is 0 Å². The first-order valence-corrected chi connectivity index (χ1v) is 8.43. The number of aryl methyl sites for hydroxylation is 1. The van der Waals surface area contributed by atoms with Crippen LogP contribution in [0.1, 0.15) is 22.5 Å². The first-order valence-electron chi connectivity index (χ1n) is 8.43. The van der Waals surface area contributed by atoms with Gasteiger partial charge in [-0.15, -0.1) is 0 Å². The number of hydrogen-bond acceptors (Lipinski definition) is 3. The SMILES string of the molecule is Cn1cncc1C(=O)N1CCCN(C/C=C/c2ccccc2)CC1. The van der Waals surface area contributed by atoms with Gasteiger partial charge in [0.15, 0.2) is 0 Å². The van der Waals surface area contributed by atoms with Gasteiger partial charge in [-0.25, -0.2) is 4.98 Å². The molecule has 3 rings (SSSR count). The highest BCUT2D eigenvalue weighted by atomic mass is 16.2. The molecule has 0 saturated carbocycles. The zero-order valence-corrected chi connectivity index (χ0v) is 14.1. The summed E-state index contributed by atoms with van der Waals surface area (Å²) in [5, 5.41) is 0. The Morgan fingerprint density at radius 1 is 1.17 bits per heavy atom. The quantitative estimate of drug-likeness (QED) is 0.866. The maximum absolute atomic E-state index is 12.6. The molecule has 0 unspecified atom stereocenters. The van der Waals surface area contributed by atoms with Crippen molar-refractivity contribution in [2.45, 2.75) is 6.42 Å². The third-order valence-corrected chi connectivity index (χ3v) is 4.39. The molecule has 1 saturated heterocycles. The molecule has 0 radical (unpaired) electrons. The van der Waals surface area contributed by atoms with Crippen molar-refractivity contribution in [1.29, 1.82) is 0 Å². The highest BCUT2D eigenvalue weighted by molar-refractivity contribution is 5.92. The van der Waals surface area contributed by atoms with Gasteiger partial charge in [-0.1, -0.05) is 42.5 Å². The second kappa shape index (κ2) is 7.93. The monoisotopic (exact) mass is 324 g/mol. The number of benzene rings is 1. The average molecular weight is 324 g/mol. The van der Waals surface area contributed by atoms with E-state index in [1.54, 1.807) is 17.1 Å². The van der Waals surface area contributed by atoms with Crippen molar-refractivity contribution in [3.63, 3.8) is 0 Å². The molecule has 5 nitrogen and oxygen atoms in total. The van der Waals surface area contributed by atoms with E-state index >= 15 is 0 Å². The Hall–Kier alpha value is -2.40. The van der Waals surface area contributed by atoms with Gasteiger partial charge in [-0.3, -0.25) is 9.69 Å². The molecule has 2 heterocycles. The lowest BCUT2D eigenvalue weighted by Gasteiger charge is -2.21. The zero-order chi connectivity index (χ0) is 16.8. The van der Waals surface area contributed by atoms with E-state index in [-0.39, 0.29) is 5.91 Å². The molecule has 0 aliphatic carbocycles. The number of imidazole rings is 1. The van der Waals surface area contributed by atoms with E-state index < -0.39 is 0 Å². The summed E-state index contributed by atoms with van der Waals surface area (Å²) in [5.74, 6) is 0.0803. The van der Waals surface area contributed by atoms with Crippen LogP contribution in [0.5, 0.6) is 0 Å². The number of hydrogen-bond donors (Lipinski definition) is 0. The van der Waals surface area contributed by atoms with Crippen molar-refractivity contribution >= 4 is 12.0 Å². The highest BCUT2D eigenvalue weighted by Crippen LogP contribution is 2.09. The maximum Gasteiger partial charge on any atom is 0.272 e. The number of carbonyl (C=O) groups is 1. The summed E-state index contributed by atoms with van der Waals surface area (Å²) in [7, 11) is 1.86. The van der Waals surface area contributed by atoms with Gasteiger partial charge in [0, 0.05) is 39.8 Å². The Bertz CT molecular complexity index is 692. The predicted octanol–water partition coefficient (Wildman–Crippen LogP) is 2.28. The van der Waals surface area contributed by atoms with E-state index in [0.717, 1.165) is 39.1 Å². The summed E-state index contributed by atoms with van der Waals surface area (Å²) in [6.45, 7) is 4.42. The standard InChI is InChI=1S/C19H24N4O/c1-21-16-20-15-18(21)19(24)23-12-6-11-22(13-14-23)10-5-9-17-7-3-2-4-8-17/h2-5,7-9,15-16H,6,10-14H2,1H3/b9-5+. The molecular formula is C19H24N4O. The van der Waals surface area contributed by atoms with Gasteiger partial charge >= 0.3 is 0 Å². The van der Waals surface area contributed by atoms with E-state index in [1.807, 2.05) is 30.1 Å². The molecule has 0 N–H and O–H groups in total. The second-order valence-corrected chi connectivity index (χ2v) is 6.15. The number of nitrogens with zero attached hydrogens (tertiary/aromatic N) is 4. The summed E-state index contributed by atoms with van der Waals surface area (Å²) >= 11 is 0. The smallest absolute Gasteiger partial charge is 0.272 e. The second-order valence-electron chi connectivity index (χ2n) is 6.15. The Labute approximate surface area is 143 Å². The van der Waals surface area contributed by atoms with Crippen LogP contribution in [0.25, 0.3) is 6.08 Å². The molecule has 24 heavy (non-hydrogen) atoms. The molecule has 1 amide bonds. The van der Waals surface area contributed by atoms with Crippen molar-refractivity contribution in [3.8, 4) is 0 Å². The van der Waals surface area contributed by atoms with Crippen LogP contribution in [0.2, 0.25) is 0 Å². The Morgan fingerprint density at radius 2 is 2.00 bits per heavy atom. The minimum absolute atomic E-state index is 0.0803. The fourth-order valence-corrected chi connectivity index (χ4v) is 2.98. The number of rotatable bonds is 4. The van der Waals surface area contributed by atoms with Gasteiger partial charge in [-0.2, -0.15) is 0 Å². The molecular weight excluding hydrogens is 300 g/mol. The van der Waals surface area contributed by atoms with E-state index in [2.05, 4.69) is 34.2 Å². The molecule has 5 heteroatoms. The van der Waals surface area contributed by atoms with Gasteiger partial charge in [-0.05, 0) is 12.0 Å². The first kappa shape index (κ1) is 16.5. The molecule has 1 aromatic carbocycles. The molecule has 0 atom stereocenters. The van der Waals surface area contributed by atoms with Gasteiger partial charge < -0.3 is 9.47 Å². The topological polar surface area (TPSA) is 41.4 Å². The highest BCUT2D eigenvalue weighted by Gasteiger charge is 2.21. The van der Waals surface area contributed by atoms with Gasteiger partial charge in [0.1, 0.15) is 5.69 Å². The minimum Gasteiger partial charge on any atom is -0.336 e. The maximum atomic E-state index is 12.6. The van der Waals surface area contributed by atoms with Crippen molar-refractivity contribution in [3.05, 3.63) is 60.2 Å². The normalized spacial score (nSPS) is 16.5. The molecule has 2 aromatic rings. The van der Waals surface area contributed by atoms with Crippen LogP contribution in [-0.4, -0.2) is 58.0 Å². The van der Waals surface area contributed by atoms with Gasteiger partial charge in [0.05, 0.1) is 12.5 Å². The van der Waals surface area contributed by atoms with Crippen molar-refractivity contribution < 1.29 is 4.79 Å². The molecule has 0 spiro atoms. The van der Waals surface area contributed by atoms with Crippen LogP contribution in [0, 0.1) is 0 Å². The summed E-state index contributed by atoms with van der Waals surface area (Å²) in [4.78, 5) is 21.0. The molecule has 1 aliphatic heterocycles. The molecule has 126 valence electrons. The summed E-state index contributed by atoms with van der Waals surface area (Å²) in [6, 6.07) is 10.3. The summed E-state index contributed by atoms with van der Waals surface area (Å²) < 4.78 is 1.79. The Balaban J connectivity index is 1.53. The molecule has 0 bridgehead atoms. The van der Waals surface area contributed by atoms with Crippen molar-refractivity contribution in [2.24, 2.45) is 7.05 Å². The van der Waals surface area contributed by atoms with Crippen LogP contribution in [0.3, 0.4) is 0 Å². The lowest BCUT2D eigenvalue weighted by Crippen LogP contribution is -2.36. The Kier molecular flexibility index (Phi) is 5.43. The molecule has 1 aliphatic rings.